The molecule has 4 rings (SSSR count). The Balaban J connectivity index is 1.78. The van der Waals surface area contributed by atoms with Crippen molar-refractivity contribution in [3.8, 4) is 0 Å². The quantitative estimate of drug-likeness (QED) is 0.630. The van der Waals surface area contributed by atoms with Gasteiger partial charge in [0, 0.05) is 12.5 Å². The first-order valence-electron chi connectivity index (χ1n) is 10.8. The van der Waals surface area contributed by atoms with Crippen molar-refractivity contribution in [3.05, 3.63) is 62.3 Å². The van der Waals surface area contributed by atoms with Crippen LogP contribution >= 0.6 is 0 Å². The van der Waals surface area contributed by atoms with Gasteiger partial charge in [-0.15, -0.1) is 0 Å². The highest BCUT2D eigenvalue weighted by Crippen LogP contribution is 2.45. The van der Waals surface area contributed by atoms with Crippen LogP contribution in [0.15, 0.2) is 39.9 Å². The molecule has 1 atom stereocenters. The molecule has 1 aromatic heterocycles. The van der Waals surface area contributed by atoms with Gasteiger partial charge in [0.2, 0.25) is 11.4 Å². The van der Waals surface area contributed by atoms with Crippen LogP contribution < -0.4 is 21.9 Å². The van der Waals surface area contributed by atoms with Gasteiger partial charge < -0.3 is 10.6 Å². The first-order valence-corrected chi connectivity index (χ1v) is 10.8. The van der Waals surface area contributed by atoms with E-state index in [0.717, 1.165) is 16.6 Å². The summed E-state index contributed by atoms with van der Waals surface area (Å²) in [7, 11) is 0. The van der Waals surface area contributed by atoms with E-state index < -0.39 is 52.1 Å². The normalized spacial score (nSPS) is 20.9. The lowest BCUT2D eigenvalue weighted by atomic mass is 9.86. The number of hydrogen-bond donors (Lipinski definition) is 3. The van der Waals surface area contributed by atoms with Crippen molar-refractivity contribution in [3.63, 3.8) is 0 Å². The molecular formula is C22H23F3N4O4. The van der Waals surface area contributed by atoms with E-state index in [4.69, 9.17) is 0 Å². The van der Waals surface area contributed by atoms with Crippen LogP contribution in [-0.4, -0.2) is 27.5 Å². The minimum absolute atomic E-state index is 0.0905. The summed E-state index contributed by atoms with van der Waals surface area (Å²) in [6, 6.07) is 8.89. The molecule has 1 aliphatic carbocycles. The lowest BCUT2D eigenvalue weighted by molar-refractivity contribution is -0.201. The molecule has 0 spiro atoms. The summed E-state index contributed by atoms with van der Waals surface area (Å²) in [5.41, 5.74) is -6.11. The Morgan fingerprint density at radius 1 is 1.09 bits per heavy atom. The van der Waals surface area contributed by atoms with Gasteiger partial charge in [-0.3, -0.25) is 23.9 Å². The molecular weight excluding hydrogens is 441 g/mol. The van der Waals surface area contributed by atoms with Crippen molar-refractivity contribution in [2.75, 3.05) is 5.32 Å². The molecule has 2 aromatic rings. The summed E-state index contributed by atoms with van der Waals surface area (Å²) in [4.78, 5) is 52.5. The molecule has 0 bridgehead atoms. The Hall–Kier alpha value is -3.37. The molecule has 33 heavy (non-hydrogen) atoms. The third-order valence-corrected chi connectivity index (χ3v) is 6.33. The van der Waals surface area contributed by atoms with Crippen LogP contribution in [0.5, 0.6) is 0 Å². The lowest BCUT2D eigenvalue weighted by Gasteiger charge is -2.32. The summed E-state index contributed by atoms with van der Waals surface area (Å²) in [6.07, 6.45) is -1.98. The number of benzene rings is 1. The summed E-state index contributed by atoms with van der Waals surface area (Å²) in [5.74, 6) is -3.78. The number of aryl methyl sites for hydroxylation is 1. The SMILES string of the molecule is O=C(N[C@@]1(C(F)(F)F)C(=O)Nc2c1c(=O)[nH]c(=O)n2CCc1ccccc1)C1CCCCC1. The third kappa shape index (κ3) is 3.96. The minimum Gasteiger partial charge on any atom is -0.330 e. The molecule has 3 N–H and O–H groups in total. The van der Waals surface area contributed by atoms with E-state index in [1.807, 2.05) is 10.3 Å². The second-order valence-corrected chi connectivity index (χ2v) is 8.40. The Morgan fingerprint density at radius 3 is 2.39 bits per heavy atom. The van der Waals surface area contributed by atoms with Gasteiger partial charge in [0.25, 0.3) is 11.5 Å². The van der Waals surface area contributed by atoms with Crippen molar-refractivity contribution < 1.29 is 22.8 Å². The van der Waals surface area contributed by atoms with Crippen LogP contribution in [0.1, 0.15) is 43.2 Å². The molecule has 2 aliphatic rings. The number of rotatable bonds is 5. The van der Waals surface area contributed by atoms with Gasteiger partial charge >= 0.3 is 11.9 Å². The van der Waals surface area contributed by atoms with Crippen LogP contribution in [0.4, 0.5) is 19.0 Å². The zero-order valence-electron chi connectivity index (χ0n) is 17.6. The van der Waals surface area contributed by atoms with Crippen LogP contribution in [0.25, 0.3) is 0 Å². The maximum Gasteiger partial charge on any atom is 0.425 e. The van der Waals surface area contributed by atoms with Gasteiger partial charge in [-0.2, -0.15) is 13.2 Å². The maximum absolute atomic E-state index is 14.4. The predicted molar refractivity (Wildman–Crippen MR) is 113 cm³/mol. The van der Waals surface area contributed by atoms with Gasteiger partial charge in [-0.1, -0.05) is 49.6 Å². The highest BCUT2D eigenvalue weighted by atomic mass is 19.4. The molecule has 1 aromatic carbocycles. The zero-order valence-corrected chi connectivity index (χ0v) is 17.6. The molecule has 1 saturated carbocycles. The molecule has 1 fully saturated rings. The number of hydrogen-bond acceptors (Lipinski definition) is 4. The molecule has 2 amide bonds. The van der Waals surface area contributed by atoms with E-state index in [2.05, 4.69) is 5.32 Å². The fourth-order valence-electron chi connectivity index (χ4n) is 4.58. The van der Waals surface area contributed by atoms with E-state index in [1.165, 1.54) is 0 Å². The van der Waals surface area contributed by atoms with Crippen LogP contribution in [0.2, 0.25) is 0 Å². The zero-order chi connectivity index (χ0) is 23.8. The largest absolute Gasteiger partial charge is 0.425 e. The van der Waals surface area contributed by atoms with Crippen LogP contribution in [-0.2, 0) is 28.1 Å². The number of anilines is 1. The van der Waals surface area contributed by atoms with Gasteiger partial charge in [0.15, 0.2) is 0 Å². The molecule has 176 valence electrons. The van der Waals surface area contributed by atoms with Gasteiger partial charge in [0.1, 0.15) is 11.4 Å². The Morgan fingerprint density at radius 2 is 1.76 bits per heavy atom. The molecule has 1 aliphatic heterocycles. The minimum atomic E-state index is -5.32. The highest BCUT2D eigenvalue weighted by Gasteiger charge is 2.68. The second kappa shape index (κ2) is 8.53. The predicted octanol–water partition coefficient (Wildman–Crippen LogP) is 2.19. The highest BCUT2D eigenvalue weighted by molar-refractivity contribution is 6.07. The molecule has 11 heteroatoms. The van der Waals surface area contributed by atoms with E-state index >= 15 is 0 Å². The number of amides is 2. The van der Waals surface area contributed by atoms with Gasteiger partial charge in [-0.05, 0) is 24.8 Å². The monoisotopic (exact) mass is 464 g/mol. The number of alkyl halides is 3. The van der Waals surface area contributed by atoms with Crippen molar-refractivity contribution in [2.24, 2.45) is 5.92 Å². The third-order valence-electron chi connectivity index (χ3n) is 6.33. The number of nitrogens with one attached hydrogen (secondary N) is 3. The van der Waals surface area contributed by atoms with Crippen LogP contribution in [0.3, 0.4) is 0 Å². The van der Waals surface area contributed by atoms with Crippen molar-refractivity contribution >= 4 is 17.6 Å². The van der Waals surface area contributed by atoms with E-state index in [9.17, 15) is 32.3 Å². The van der Waals surface area contributed by atoms with Crippen molar-refractivity contribution in [1.29, 1.82) is 0 Å². The summed E-state index contributed by atoms with van der Waals surface area (Å²) >= 11 is 0. The van der Waals surface area contributed by atoms with E-state index in [-0.39, 0.29) is 13.0 Å². The van der Waals surface area contributed by atoms with E-state index in [1.54, 1.807) is 30.3 Å². The van der Waals surface area contributed by atoms with Gasteiger partial charge in [0.05, 0.1) is 0 Å². The standard InChI is InChI=1S/C22H23F3N4O4/c23-22(24,25)21(28-17(30)14-9-5-2-6-10-14)15-16(26-19(21)32)29(20(33)27-18(15)31)12-11-13-7-3-1-4-8-13/h1,3-4,7-8,14H,2,5-6,9-12H2,(H,26,32)(H,28,30)(H,27,31,33)/t21-/m1/s1. The summed E-state index contributed by atoms with van der Waals surface area (Å²) in [6.45, 7) is -0.0905. The van der Waals surface area contributed by atoms with Crippen LogP contribution in [0, 0.1) is 5.92 Å². The number of aromatic amines is 1. The molecule has 2 heterocycles. The maximum atomic E-state index is 14.4. The number of carbonyl (C=O) groups excluding carboxylic acids is 2. The number of fused-ring (bicyclic) bond motifs is 1. The van der Waals surface area contributed by atoms with Crippen molar-refractivity contribution in [2.45, 2.75) is 56.8 Å². The Labute approximate surface area is 186 Å². The number of nitrogens with zero attached hydrogens (tertiary/aromatic N) is 1. The summed E-state index contributed by atoms with van der Waals surface area (Å²) in [5, 5.41) is 3.92. The number of aromatic nitrogens is 2. The van der Waals surface area contributed by atoms with Crippen molar-refractivity contribution in [1.82, 2.24) is 14.9 Å². The second-order valence-electron chi connectivity index (χ2n) is 8.40. The number of H-pyrrole nitrogens is 1. The molecule has 0 unspecified atom stereocenters. The number of halogens is 3. The lowest BCUT2D eigenvalue weighted by Crippen LogP contribution is -2.63. The summed E-state index contributed by atoms with van der Waals surface area (Å²) < 4.78 is 44.2. The Kier molecular flexibility index (Phi) is 5.89. The molecule has 8 nitrogen and oxygen atoms in total. The fourth-order valence-corrected chi connectivity index (χ4v) is 4.58. The Bertz CT molecular complexity index is 1180. The average Bonchev–Trinajstić information content (AvgIpc) is 3.08. The molecule has 0 saturated heterocycles. The fraction of sp³-hybridized carbons (Fsp3) is 0.455. The first-order chi connectivity index (χ1) is 15.6. The first kappa shape index (κ1) is 22.8. The number of carbonyl (C=O) groups is 2. The van der Waals surface area contributed by atoms with E-state index in [0.29, 0.717) is 25.7 Å². The topological polar surface area (TPSA) is 113 Å². The molecule has 0 radical (unpaired) electrons. The average molecular weight is 464 g/mol. The van der Waals surface area contributed by atoms with Gasteiger partial charge in [-0.25, -0.2) is 4.79 Å². The smallest absolute Gasteiger partial charge is 0.330 e.